The molecular formula is C19H31N3O3. The molecule has 1 aliphatic heterocycles. The lowest BCUT2D eigenvalue weighted by atomic mass is 9.87. The van der Waals surface area contributed by atoms with E-state index in [1.54, 1.807) is 11.8 Å². The van der Waals surface area contributed by atoms with Gasteiger partial charge in [0, 0.05) is 32.2 Å². The second-order valence-corrected chi connectivity index (χ2v) is 7.28. The third-order valence-electron chi connectivity index (χ3n) is 5.33. The van der Waals surface area contributed by atoms with Crippen molar-refractivity contribution in [3.8, 4) is 6.07 Å². The Morgan fingerprint density at radius 2 is 1.88 bits per heavy atom. The molecule has 0 aromatic rings. The molecule has 2 rings (SSSR count). The monoisotopic (exact) mass is 349 g/mol. The van der Waals surface area contributed by atoms with Crippen molar-refractivity contribution in [3.63, 3.8) is 0 Å². The first-order valence-corrected chi connectivity index (χ1v) is 9.66. The van der Waals surface area contributed by atoms with Gasteiger partial charge in [-0.05, 0) is 38.5 Å². The summed E-state index contributed by atoms with van der Waals surface area (Å²) in [6.07, 6.45) is 8.33. The lowest BCUT2D eigenvalue weighted by molar-refractivity contribution is -0.139. The Hall–Kier alpha value is -1.61. The number of carbonyl (C=O) groups is 2. The Morgan fingerprint density at radius 3 is 2.52 bits per heavy atom. The molecule has 0 aromatic heterocycles. The molecule has 1 aliphatic carbocycles. The highest BCUT2D eigenvalue weighted by atomic mass is 16.5. The minimum Gasteiger partial charge on any atom is -0.381 e. The van der Waals surface area contributed by atoms with Crippen molar-refractivity contribution in [2.45, 2.75) is 76.8 Å². The van der Waals surface area contributed by atoms with Crippen LogP contribution in [-0.4, -0.2) is 48.6 Å². The second kappa shape index (κ2) is 10.4. The zero-order valence-electron chi connectivity index (χ0n) is 15.3. The third kappa shape index (κ3) is 6.32. The number of hydrogen-bond donors (Lipinski definition) is 1. The first-order valence-electron chi connectivity index (χ1n) is 9.66. The van der Waals surface area contributed by atoms with Gasteiger partial charge in [-0.15, -0.1) is 0 Å². The summed E-state index contributed by atoms with van der Waals surface area (Å²) in [7, 11) is 0. The molecule has 25 heavy (non-hydrogen) atoms. The fourth-order valence-corrected chi connectivity index (χ4v) is 3.90. The zero-order chi connectivity index (χ0) is 18.1. The fraction of sp³-hybridized carbons (Fsp3) is 0.842. The van der Waals surface area contributed by atoms with E-state index >= 15 is 0 Å². The van der Waals surface area contributed by atoms with Gasteiger partial charge in [-0.3, -0.25) is 9.59 Å². The minimum absolute atomic E-state index is 0.0278. The van der Waals surface area contributed by atoms with Gasteiger partial charge in [0.05, 0.1) is 12.5 Å². The SMILES string of the molecule is C[C@H](NC(=O)CC1CCCCC1)C(=O)N(CCC#N)C1CCOCC1. The molecule has 0 spiro atoms. The molecule has 6 heteroatoms. The van der Waals surface area contributed by atoms with Gasteiger partial charge >= 0.3 is 0 Å². The van der Waals surface area contributed by atoms with E-state index in [-0.39, 0.29) is 17.9 Å². The van der Waals surface area contributed by atoms with Gasteiger partial charge in [-0.2, -0.15) is 5.26 Å². The van der Waals surface area contributed by atoms with Gasteiger partial charge in [-0.1, -0.05) is 19.3 Å². The van der Waals surface area contributed by atoms with Gasteiger partial charge in [0.1, 0.15) is 6.04 Å². The molecule has 0 bridgehead atoms. The largest absolute Gasteiger partial charge is 0.381 e. The van der Waals surface area contributed by atoms with Crippen LogP contribution in [0.1, 0.15) is 64.7 Å². The maximum absolute atomic E-state index is 12.8. The van der Waals surface area contributed by atoms with E-state index in [2.05, 4.69) is 11.4 Å². The summed E-state index contributed by atoms with van der Waals surface area (Å²) in [4.78, 5) is 26.9. The van der Waals surface area contributed by atoms with Crippen molar-refractivity contribution in [1.82, 2.24) is 10.2 Å². The Balaban J connectivity index is 1.87. The number of nitrogens with zero attached hydrogens (tertiary/aromatic N) is 2. The van der Waals surface area contributed by atoms with Crippen molar-refractivity contribution >= 4 is 11.8 Å². The van der Waals surface area contributed by atoms with Crippen molar-refractivity contribution in [2.75, 3.05) is 19.8 Å². The first kappa shape index (κ1) is 19.7. The van der Waals surface area contributed by atoms with Crippen LogP contribution in [0.4, 0.5) is 0 Å². The lowest BCUT2D eigenvalue weighted by Gasteiger charge is -2.35. The fourth-order valence-electron chi connectivity index (χ4n) is 3.90. The topological polar surface area (TPSA) is 82.4 Å². The van der Waals surface area contributed by atoms with Gasteiger partial charge in [-0.25, -0.2) is 0 Å². The molecule has 1 heterocycles. The summed E-state index contributed by atoms with van der Waals surface area (Å²) in [5.41, 5.74) is 0. The van der Waals surface area contributed by atoms with Crippen LogP contribution in [0.15, 0.2) is 0 Å². The molecule has 2 amide bonds. The van der Waals surface area contributed by atoms with Crippen LogP contribution in [0.25, 0.3) is 0 Å². The Labute approximate surface area is 150 Å². The van der Waals surface area contributed by atoms with Crippen LogP contribution >= 0.6 is 0 Å². The van der Waals surface area contributed by atoms with Crippen LogP contribution < -0.4 is 5.32 Å². The zero-order valence-corrected chi connectivity index (χ0v) is 15.3. The average Bonchev–Trinajstić information content (AvgIpc) is 2.63. The van der Waals surface area contributed by atoms with Crippen molar-refractivity contribution in [2.24, 2.45) is 5.92 Å². The predicted molar refractivity (Wildman–Crippen MR) is 94.6 cm³/mol. The van der Waals surface area contributed by atoms with E-state index in [4.69, 9.17) is 10.00 Å². The smallest absolute Gasteiger partial charge is 0.245 e. The van der Waals surface area contributed by atoms with Crippen molar-refractivity contribution in [3.05, 3.63) is 0 Å². The van der Waals surface area contributed by atoms with Crippen LogP contribution in [0, 0.1) is 17.2 Å². The Bertz CT molecular complexity index is 477. The molecule has 0 unspecified atom stereocenters. The molecular weight excluding hydrogens is 318 g/mol. The standard InChI is InChI=1S/C19H31N3O3/c1-15(21-18(23)14-16-6-3-2-4-7-16)19(24)22(11-5-10-20)17-8-12-25-13-9-17/h15-17H,2-9,11-14H2,1H3,(H,21,23)/t15-/m0/s1. The van der Waals surface area contributed by atoms with Crippen LogP contribution in [0.3, 0.4) is 0 Å². The average molecular weight is 349 g/mol. The molecule has 2 fully saturated rings. The molecule has 1 atom stereocenters. The highest BCUT2D eigenvalue weighted by Crippen LogP contribution is 2.26. The summed E-state index contributed by atoms with van der Waals surface area (Å²) in [6, 6.07) is 1.67. The summed E-state index contributed by atoms with van der Waals surface area (Å²) >= 11 is 0. The van der Waals surface area contributed by atoms with Gasteiger partial charge in [0.2, 0.25) is 11.8 Å². The van der Waals surface area contributed by atoms with Crippen molar-refractivity contribution in [1.29, 1.82) is 5.26 Å². The van der Waals surface area contributed by atoms with E-state index in [1.165, 1.54) is 19.3 Å². The molecule has 1 saturated heterocycles. The molecule has 140 valence electrons. The maximum Gasteiger partial charge on any atom is 0.245 e. The van der Waals surface area contributed by atoms with E-state index in [1.807, 2.05) is 0 Å². The third-order valence-corrected chi connectivity index (χ3v) is 5.33. The van der Waals surface area contributed by atoms with Crippen LogP contribution in [0.2, 0.25) is 0 Å². The molecule has 0 aromatic carbocycles. The Kier molecular flexibility index (Phi) is 8.20. The van der Waals surface area contributed by atoms with Gasteiger partial charge in [0.25, 0.3) is 0 Å². The number of amides is 2. The summed E-state index contributed by atoms with van der Waals surface area (Å²) < 4.78 is 5.37. The summed E-state index contributed by atoms with van der Waals surface area (Å²) in [6.45, 7) is 3.45. The van der Waals surface area contributed by atoms with Gasteiger partial charge < -0.3 is 15.0 Å². The number of ether oxygens (including phenoxy) is 1. The number of nitriles is 1. The number of carbonyl (C=O) groups excluding carboxylic acids is 2. The van der Waals surface area contributed by atoms with E-state index in [0.29, 0.717) is 38.5 Å². The molecule has 6 nitrogen and oxygen atoms in total. The molecule has 2 aliphatic rings. The number of nitrogens with one attached hydrogen (secondary N) is 1. The van der Waals surface area contributed by atoms with Gasteiger partial charge in [0.15, 0.2) is 0 Å². The lowest BCUT2D eigenvalue weighted by Crippen LogP contribution is -2.52. The van der Waals surface area contributed by atoms with E-state index < -0.39 is 6.04 Å². The summed E-state index contributed by atoms with van der Waals surface area (Å²) in [5, 5.41) is 11.8. The van der Waals surface area contributed by atoms with Crippen LogP contribution in [-0.2, 0) is 14.3 Å². The maximum atomic E-state index is 12.8. The highest BCUT2D eigenvalue weighted by Gasteiger charge is 2.29. The highest BCUT2D eigenvalue weighted by molar-refractivity contribution is 5.87. The molecule has 1 N–H and O–H groups in total. The second-order valence-electron chi connectivity index (χ2n) is 7.28. The van der Waals surface area contributed by atoms with Crippen molar-refractivity contribution < 1.29 is 14.3 Å². The van der Waals surface area contributed by atoms with E-state index in [9.17, 15) is 9.59 Å². The Morgan fingerprint density at radius 1 is 1.20 bits per heavy atom. The normalized spacial score (nSPS) is 20.5. The molecule has 1 saturated carbocycles. The quantitative estimate of drug-likeness (QED) is 0.765. The predicted octanol–water partition coefficient (Wildman–Crippen LogP) is 2.38. The summed E-state index contributed by atoms with van der Waals surface area (Å²) in [5.74, 6) is 0.348. The number of hydrogen-bond acceptors (Lipinski definition) is 4. The number of rotatable bonds is 7. The minimum atomic E-state index is -0.544. The first-order chi connectivity index (χ1) is 12.1. The van der Waals surface area contributed by atoms with E-state index in [0.717, 1.165) is 25.7 Å². The van der Waals surface area contributed by atoms with Crippen LogP contribution in [0.5, 0.6) is 0 Å². The molecule has 0 radical (unpaired) electrons.